The van der Waals surface area contributed by atoms with Gasteiger partial charge in [-0.2, -0.15) is 8.78 Å². The number of benzene rings is 1. The van der Waals surface area contributed by atoms with Gasteiger partial charge in [0, 0.05) is 0 Å². The van der Waals surface area contributed by atoms with Crippen LogP contribution in [-0.2, 0) is 0 Å². The van der Waals surface area contributed by atoms with Crippen molar-refractivity contribution >= 4 is 0 Å². The first-order chi connectivity index (χ1) is 8.97. The number of alkyl halides is 2. The molecule has 1 aromatic carbocycles. The first-order valence-electron chi connectivity index (χ1n) is 6.41. The smallest absolute Gasteiger partial charge is 0.387 e. The summed E-state index contributed by atoms with van der Waals surface area (Å²) in [6.45, 7) is -1.08. The number of hydrogen-bond donors (Lipinski definition) is 0. The number of halogens is 4. The molecule has 1 nitrogen and oxygen atoms in total. The SMILES string of the molecule is CC1CCC(c2cc(F)c(OC(F)F)c(F)c2)CC1. The molecule has 106 valence electrons. The fourth-order valence-corrected chi connectivity index (χ4v) is 2.61. The van der Waals surface area contributed by atoms with Crippen LogP contribution in [0.25, 0.3) is 0 Å². The van der Waals surface area contributed by atoms with Crippen molar-refractivity contribution in [1.82, 2.24) is 0 Å². The van der Waals surface area contributed by atoms with Crippen LogP contribution >= 0.6 is 0 Å². The average Bonchev–Trinajstić information content (AvgIpc) is 2.34. The molecule has 0 aliphatic heterocycles. The van der Waals surface area contributed by atoms with Crippen molar-refractivity contribution in [2.75, 3.05) is 0 Å². The zero-order chi connectivity index (χ0) is 14.0. The van der Waals surface area contributed by atoms with Crippen LogP contribution < -0.4 is 4.74 Å². The summed E-state index contributed by atoms with van der Waals surface area (Å²) in [4.78, 5) is 0. The van der Waals surface area contributed by atoms with E-state index >= 15 is 0 Å². The maximum absolute atomic E-state index is 13.6. The quantitative estimate of drug-likeness (QED) is 0.716. The van der Waals surface area contributed by atoms with E-state index in [1.165, 1.54) is 0 Å². The summed E-state index contributed by atoms with van der Waals surface area (Å²) in [7, 11) is 0. The zero-order valence-electron chi connectivity index (χ0n) is 10.6. The molecule has 1 aliphatic carbocycles. The second-order valence-electron chi connectivity index (χ2n) is 5.15. The van der Waals surface area contributed by atoms with Crippen molar-refractivity contribution in [1.29, 1.82) is 0 Å². The van der Waals surface area contributed by atoms with Gasteiger partial charge in [0.1, 0.15) is 0 Å². The van der Waals surface area contributed by atoms with Crippen LogP contribution in [0, 0.1) is 17.6 Å². The van der Waals surface area contributed by atoms with Crippen LogP contribution in [0.5, 0.6) is 5.75 Å². The fourth-order valence-electron chi connectivity index (χ4n) is 2.61. The molecule has 0 amide bonds. The Morgan fingerprint density at radius 3 is 2.05 bits per heavy atom. The monoisotopic (exact) mass is 276 g/mol. The Labute approximate surface area is 109 Å². The summed E-state index contributed by atoms with van der Waals surface area (Å²) in [5.74, 6) is -2.39. The molecule has 0 atom stereocenters. The van der Waals surface area contributed by atoms with E-state index in [0.29, 0.717) is 11.5 Å². The average molecular weight is 276 g/mol. The van der Waals surface area contributed by atoms with Gasteiger partial charge in [0.2, 0.25) is 0 Å². The van der Waals surface area contributed by atoms with E-state index in [-0.39, 0.29) is 5.92 Å². The summed E-state index contributed by atoms with van der Waals surface area (Å²) < 4.78 is 55.1. The van der Waals surface area contributed by atoms with Gasteiger partial charge in [-0.1, -0.05) is 19.8 Å². The second kappa shape index (κ2) is 5.80. The second-order valence-corrected chi connectivity index (χ2v) is 5.15. The van der Waals surface area contributed by atoms with E-state index < -0.39 is 24.0 Å². The van der Waals surface area contributed by atoms with Gasteiger partial charge in [0.15, 0.2) is 17.4 Å². The largest absolute Gasteiger partial charge is 0.429 e. The van der Waals surface area contributed by atoms with Gasteiger partial charge in [-0.05, 0) is 42.4 Å². The Bertz CT molecular complexity index is 416. The van der Waals surface area contributed by atoms with Crippen molar-refractivity contribution in [3.05, 3.63) is 29.3 Å². The Morgan fingerprint density at radius 1 is 1.05 bits per heavy atom. The third-order valence-corrected chi connectivity index (χ3v) is 3.71. The van der Waals surface area contributed by atoms with Crippen LogP contribution in [0.4, 0.5) is 17.6 Å². The predicted molar refractivity (Wildman–Crippen MR) is 63.4 cm³/mol. The van der Waals surface area contributed by atoms with Gasteiger partial charge < -0.3 is 4.74 Å². The van der Waals surface area contributed by atoms with E-state index in [4.69, 9.17) is 0 Å². The van der Waals surface area contributed by atoms with Crippen molar-refractivity contribution in [2.24, 2.45) is 5.92 Å². The normalized spacial score (nSPS) is 23.7. The molecule has 5 heteroatoms. The number of rotatable bonds is 3. The lowest BCUT2D eigenvalue weighted by Crippen LogP contribution is -2.12. The molecule has 19 heavy (non-hydrogen) atoms. The summed E-state index contributed by atoms with van der Waals surface area (Å²) in [5, 5.41) is 0. The molecule has 0 aromatic heterocycles. The van der Waals surface area contributed by atoms with E-state index in [1.54, 1.807) is 0 Å². The van der Waals surface area contributed by atoms with Gasteiger partial charge in [0.05, 0.1) is 0 Å². The van der Waals surface area contributed by atoms with Crippen LogP contribution in [0.2, 0.25) is 0 Å². The predicted octanol–water partition coefficient (Wildman–Crippen LogP) is 4.86. The molecule has 2 rings (SSSR count). The lowest BCUT2D eigenvalue weighted by Gasteiger charge is -2.26. The minimum Gasteiger partial charge on any atom is -0.429 e. The van der Waals surface area contributed by atoms with Gasteiger partial charge in [-0.25, -0.2) is 8.78 Å². The van der Waals surface area contributed by atoms with Crippen molar-refractivity contribution < 1.29 is 22.3 Å². The topological polar surface area (TPSA) is 9.23 Å². The summed E-state index contributed by atoms with van der Waals surface area (Å²) >= 11 is 0. The van der Waals surface area contributed by atoms with E-state index in [0.717, 1.165) is 37.8 Å². The highest BCUT2D eigenvalue weighted by Gasteiger charge is 2.23. The van der Waals surface area contributed by atoms with Gasteiger partial charge in [-0.15, -0.1) is 0 Å². The molecule has 0 heterocycles. The Hall–Kier alpha value is -1.26. The molecule has 0 bridgehead atoms. The van der Waals surface area contributed by atoms with Gasteiger partial charge in [-0.3, -0.25) is 0 Å². The van der Waals surface area contributed by atoms with E-state index in [1.807, 2.05) is 0 Å². The first kappa shape index (κ1) is 14.2. The zero-order valence-corrected chi connectivity index (χ0v) is 10.6. The van der Waals surface area contributed by atoms with Gasteiger partial charge in [0.25, 0.3) is 0 Å². The third-order valence-electron chi connectivity index (χ3n) is 3.71. The Balaban J connectivity index is 2.19. The lowest BCUT2D eigenvalue weighted by atomic mass is 9.79. The van der Waals surface area contributed by atoms with Crippen molar-refractivity contribution in [3.8, 4) is 5.75 Å². The van der Waals surface area contributed by atoms with E-state index in [9.17, 15) is 17.6 Å². The molecule has 0 spiro atoms. The maximum atomic E-state index is 13.6. The molecule has 1 fully saturated rings. The summed E-state index contributed by atoms with van der Waals surface area (Å²) in [6, 6.07) is 2.23. The van der Waals surface area contributed by atoms with Gasteiger partial charge >= 0.3 is 6.61 Å². The maximum Gasteiger partial charge on any atom is 0.387 e. The van der Waals surface area contributed by atoms with Crippen LogP contribution in [0.1, 0.15) is 44.1 Å². The van der Waals surface area contributed by atoms with E-state index in [2.05, 4.69) is 11.7 Å². The molecule has 1 saturated carbocycles. The highest BCUT2D eigenvalue weighted by atomic mass is 19.3. The third kappa shape index (κ3) is 3.39. The summed E-state index contributed by atoms with van der Waals surface area (Å²) in [6.07, 6.45) is 3.77. The Morgan fingerprint density at radius 2 is 1.58 bits per heavy atom. The standard InChI is InChI=1S/C14H16F4O/c1-8-2-4-9(5-3-8)10-6-11(15)13(12(16)7-10)19-14(17)18/h6-9,14H,2-5H2,1H3. The molecule has 0 radical (unpaired) electrons. The molecule has 0 N–H and O–H groups in total. The fraction of sp³-hybridized carbons (Fsp3) is 0.571. The first-order valence-corrected chi connectivity index (χ1v) is 6.41. The highest BCUT2D eigenvalue weighted by Crippen LogP contribution is 2.37. The number of hydrogen-bond acceptors (Lipinski definition) is 1. The van der Waals surface area contributed by atoms with Crippen LogP contribution in [0.3, 0.4) is 0 Å². The van der Waals surface area contributed by atoms with Crippen molar-refractivity contribution in [3.63, 3.8) is 0 Å². The Kier molecular flexibility index (Phi) is 4.32. The molecule has 0 saturated heterocycles. The minimum absolute atomic E-state index is 0.0980. The molecular weight excluding hydrogens is 260 g/mol. The lowest BCUT2D eigenvalue weighted by molar-refractivity contribution is -0.0546. The summed E-state index contributed by atoms with van der Waals surface area (Å²) in [5.41, 5.74) is 0.531. The van der Waals surface area contributed by atoms with Crippen LogP contribution in [0.15, 0.2) is 12.1 Å². The highest BCUT2D eigenvalue weighted by molar-refractivity contribution is 5.33. The molecule has 0 unspecified atom stereocenters. The minimum atomic E-state index is -3.23. The number of ether oxygens (including phenoxy) is 1. The molecular formula is C14H16F4O. The molecule has 1 aliphatic rings. The van der Waals surface area contributed by atoms with Crippen LogP contribution in [-0.4, -0.2) is 6.61 Å². The van der Waals surface area contributed by atoms with Crippen molar-refractivity contribution in [2.45, 2.75) is 45.1 Å². The molecule has 1 aromatic rings.